The molecule has 0 aromatic heterocycles. The van der Waals surface area contributed by atoms with E-state index < -0.39 is 0 Å². The Hall–Kier alpha value is -0.690. The maximum atomic E-state index is 12.4. The van der Waals surface area contributed by atoms with Gasteiger partial charge in [-0.15, -0.1) is 0 Å². The van der Waals surface area contributed by atoms with Gasteiger partial charge in [0.2, 0.25) is 5.91 Å². The molecule has 2 rings (SSSR count). The van der Waals surface area contributed by atoms with Crippen LogP contribution in [0.4, 0.5) is 0 Å². The van der Waals surface area contributed by atoms with Crippen LogP contribution in [0.5, 0.6) is 0 Å². The minimum atomic E-state index is 0.122. The number of hydrogen-bond donors (Lipinski definition) is 1. The van der Waals surface area contributed by atoms with E-state index in [1.807, 2.05) is 4.90 Å². The summed E-state index contributed by atoms with van der Waals surface area (Å²) in [5, 5.41) is 3.12. The van der Waals surface area contributed by atoms with Gasteiger partial charge in [0.15, 0.2) is 0 Å². The molecule has 0 radical (unpaired) electrons. The van der Waals surface area contributed by atoms with Crippen molar-refractivity contribution < 1.29 is 19.0 Å². The zero-order chi connectivity index (χ0) is 14.9. The molecule has 6 heteroatoms. The van der Waals surface area contributed by atoms with Crippen molar-refractivity contribution in [1.82, 2.24) is 10.2 Å². The van der Waals surface area contributed by atoms with Crippen molar-refractivity contribution >= 4 is 5.91 Å². The van der Waals surface area contributed by atoms with Crippen molar-refractivity contribution in [2.45, 2.75) is 37.9 Å². The summed E-state index contributed by atoms with van der Waals surface area (Å²) in [6.07, 6.45) is 4.67. The van der Waals surface area contributed by atoms with Crippen molar-refractivity contribution in [3.05, 3.63) is 0 Å². The Kier molecular flexibility index (Phi) is 7.43. The first kappa shape index (κ1) is 16.7. The molecule has 2 saturated heterocycles. The Labute approximate surface area is 127 Å². The van der Waals surface area contributed by atoms with E-state index in [-0.39, 0.29) is 18.1 Å². The van der Waals surface area contributed by atoms with Crippen LogP contribution in [0.15, 0.2) is 0 Å². The van der Waals surface area contributed by atoms with Gasteiger partial charge in [0.25, 0.3) is 0 Å². The summed E-state index contributed by atoms with van der Waals surface area (Å²) in [4.78, 5) is 14.3. The summed E-state index contributed by atoms with van der Waals surface area (Å²) in [6, 6.07) is 0. The van der Waals surface area contributed by atoms with Gasteiger partial charge in [0.1, 0.15) is 0 Å². The second kappa shape index (κ2) is 9.35. The number of methoxy groups -OCH3 is 1. The van der Waals surface area contributed by atoms with Gasteiger partial charge in [-0.2, -0.15) is 0 Å². The Morgan fingerprint density at radius 3 is 2.29 bits per heavy atom. The van der Waals surface area contributed by atoms with Crippen molar-refractivity contribution in [1.29, 1.82) is 0 Å². The lowest BCUT2D eigenvalue weighted by Crippen LogP contribution is -2.45. The van der Waals surface area contributed by atoms with E-state index in [0.29, 0.717) is 32.8 Å². The molecule has 2 aliphatic heterocycles. The second-order valence-corrected chi connectivity index (χ2v) is 5.74. The molecule has 0 bridgehead atoms. The van der Waals surface area contributed by atoms with Crippen LogP contribution in [0, 0.1) is 0 Å². The maximum Gasteiger partial charge on any atom is 0.236 e. The van der Waals surface area contributed by atoms with Gasteiger partial charge in [0.05, 0.1) is 25.4 Å². The molecule has 122 valence electrons. The Morgan fingerprint density at radius 1 is 1.19 bits per heavy atom. The fourth-order valence-electron chi connectivity index (χ4n) is 2.83. The highest BCUT2D eigenvalue weighted by atomic mass is 16.5. The minimum Gasteiger partial charge on any atom is -0.383 e. The third kappa shape index (κ3) is 5.90. The number of carbonyl (C=O) groups excluding carboxylic acids is 1. The molecule has 0 aliphatic carbocycles. The molecule has 2 aliphatic rings. The summed E-state index contributed by atoms with van der Waals surface area (Å²) in [6.45, 7) is 4.66. The topological polar surface area (TPSA) is 60.0 Å². The van der Waals surface area contributed by atoms with Crippen LogP contribution in [0.3, 0.4) is 0 Å². The zero-order valence-corrected chi connectivity index (χ0v) is 13.0. The molecule has 0 aromatic rings. The van der Waals surface area contributed by atoms with Crippen LogP contribution < -0.4 is 5.32 Å². The lowest BCUT2D eigenvalue weighted by atomic mass is 10.2. The highest BCUT2D eigenvalue weighted by Crippen LogP contribution is 2.17. The van der Waals surface area contributed by atoms with E-state index in [4.69, 9.17) is 14.2 Å². The Balaban J connectivity index is 1.78. The largest absolute Gasteiger partial charge is 0.383 e. The van der Waals surface area contributed by atoms with Gasteiger partial charge in [-0.05, 0) is 25.7 Å². The van der Waals surface area contributed by atoms with Gasteiger partial charge in [-0.3, -0.25) is 4.79 Å². The number of nitrogens with one attached hydrogen (secondary N) is 1. The maximum absolute atomic E-state index is 12.4. The standard InChI is InChI=1S/C15H28N2O4/c1-19-9-6-16-10-15(18)17(11-13-4-2-7-20-13)12-14-5-3-8-21-14/h13-14,16H,2-12H2,1H3. The van der Waals surface area contributed by atoms with E-state index in [2.05, 4.69) is 5.32 Å². The van der Waals surface area contributed by atoms with E-state index in [1.54, 1.807) is 7.11 Å². The molecule has 1 amide bonds. The van der Waals surface area contributed by atoms with Gasteiger partial charge in [0, 0.05) is 40.0 Å². The summed E-state index contributed by atoms with van der Waals surface area (Å²) < 4.78 is 16.3. The van der Waals surface area contributed by atoms with E-state index in [1.165, 1.54) is 0 Å². The fourth-order valence-corrected chi connectivity index (χ4v) is 2.83. The number of ether oxygens (including phenoxy) is 3. The Bertz CT molecular complexity index is 284. The Morgan fingerprint density at radius 2 is 1.81 bits per heavy atom. The lowest BCUT2D eigenvalue weighted by Gasteiger charge is -2.28. The fraction of sp³-hybridized carbons (Fsp3) is 0.933. The van der Waals surface area contributed by atoms with Crippen molar-refractivity contribution in [2.75, 3.05) is 53.1 Å². The second-order valence-electron chi connectivity index (χ2n) is 5.74. The smallest absolute Gasteiger partial charge is 0.236 e. The monoisotopic (exact) mass is 300 g/mol. The predicted molar refractivity (Wildman–Crippen MR) is 79.3 cm³/mol. The van der Waals surface area contributed by atoms with Crippen molar-refractivity contribution in [3.8, 4) is 0 Å². The number of nitrogens with zero attached hydrogens (tertiary/aromatic N) is 1. The molecular weight excluding hydrogens is 272 g/mol. The molecule has 6 nitrogen and oxygen atoms in total. The summed E-state index contributed by atoms with van der Waals surface area (Å²) in [5.74, 6) is 0.122. The number of rotatable bonds is 9. The quantitative estimate of drug-likeness (QED) is 0.625. The predicted octanol–water partition coefficient (Wildman–Crippen LogP) is 0.409. The molecule has 2 unspecified atom stereocenters. The van der Waals surface area contributed by atoms with Crippen LogP contribution in [0.2, 0.25) is 0 Å². The third-order valence-corrected chi connectivity index (χ3v) is 4.01. The zero-order valence-electron chi connectivity index (χ0n) is 13.0. The highest BCUT2D eigenvalue weighted by molar-refractivity contribution is 5.78. The molecule has 2 fully saturated rings. The minimum absolute atomic E-state index is 0.122. The SMILES string of the molecule is COCCNCC(=O)N(CC1CCCO1)CC1CCCO1. The average molecular weight is 300 g/mol. The molecule has 0 spiro atoms. The average Bonchev–Trinajstić information content (AvgIpc) is 3.16. The number of carbonyl (C=O) groups is 1. The van der Waals surface area contributed by atoms with E-state index in [9.17, 15) is 4.79 Å². The van der Waals surface area contributed by atoms with Gasteiger partial charge < -0.3 is 24.4 Å². The van der Waals surface area contributed by atoms with Crippen LogP contribution >= 0.6 is 0 Å². The first-order valence-corrected chi connectivity index (χ1v) is 8.00. The van der Waals surface area contributed by atoms with Crippen molar-refractivity contribution in [2.24, 2.45) is 0 Å². The third-order valence-electron chi connectivity index (χ3n) is 4.01. The van der Waals surface area contributed by atoms with Crippen LogP contribution in [0.1, 0.15) is 25.7 Å². The van der Waals surface area contributed by atoms with E-state index >= 15 is 0 Å². The van der Waals surface area contributed by atoms with Crippen LogP contribution in [-0.2, 0) is 19.0 Å². The molecule has 21 heavy (non-hydrogen) atoms. The number of hydrogen-bond acceptors (Lipinski definition) is 5. The van der Waals surface area contributed by atoms with Gasteiger partial charge >= 0.3 is 0 Å². The summed E-state index contributed by atoms with van der Waals surface area (Å²) in [7, 11) is 1.66. The first-order chi connectivity index (χ1) is 10.3. The summed E-state index contributed by atoms with van der Waals surface area (Å²) >= 11 is 0. The highest BCUT2D eigenvalue weighted by Gasteiger charge is 2.26. The first-order valence-electron chi connectivity index (χ1n) is 8.00. The molecular formula is C15H28N2O4. The van der Waals surface area contributed by atoms with E-state index in [0.717, 1.165) is 38.9 Å². The molecule has 0 saturated carbocycles. The lowest BCUT2D eigenvalue weighted by molar-refractivity contribution is -0.133. The van der Waals surface area contributed by atoms with Gasteiger partial charge in [-0.1, -0.05) is 0 Å². The molecule has 2 heterocycles. The molecule has 0 aromatic carbocycles. The normalized spacial score (nSPS) is 25.4. The van der Waals surface area contributed by atoms with Gasteiger partial charge in [-0.25, -0.2) is 0 Å². The van der Waals surface area contributed by atoms with Crippen LogP contribution in [-0.4, -0.2) is 76.1 Å². The number of amides is 1. The molecule has 2 atom stereocenters. The molecule has 1 N–H and O–H groups in total. The van der Waals surface area contributed by atoms with Crippen molar-refractivity contribution in [3.63, 3.8) is 0 Å². The van der Waals surface area contributed by atoms with Crippen LogP contribution in [0.25, 0.3) is 0 Å². The summed E-state index contributed by atoms with van der Waals surface area (Å²) in [5.41, 5.74) is 0.